The number of fused-ring (bicyclic) bond motifs is 1. The summed E-state index contributed by atoms with van der Waals surface area (Å²) in [6.45, 7) is 0.227. The van der Waals surface area contributed by atoms with Crippen LogP contribution < -0.4 is 4.74 Å². The van der Waals surface area contributed by atoms with Crippen LogP contribution in [-0.4, -0.2) is 36.6 Å². The van der Waals surface area contributed by atoms with Crippen LogP contribution in [0.5, 0.6) is 5.75 Å². The van der Waals surface area contributed by atoms with Crippen LogP contribution in [0, 0.1) is 0 Å². The number of aromatic nitrogens is 1. The molecule has 0 bridgehead atoms. The number of hydrogen-bond acceptors (Lipinski definition) is 2. The van der Waals surface area contributed by atoms with Gasteiger partial charge in [0.1, 0.15) is 5.75 Å². The lowest BCUT2D eigenvalue weighted by atomic mass is 10.2. The smallest absolute Gasteiger partial charge is 0.119 e. The van der Waals surface area contributed by atoms with Crippen molar-refractivity contribution >= 4 is 10.9 Å². The Kier molecular flexibility index (Phi) is 1.82. The summed E-state index contributed by atoms with van der Waals surface area (Å²) < 4.78 is 50.6. The molecule has 0 unspecified atom stereocenters. The van der Waals surface area contributed by atoms with E-state index in [1.54, 1.807) is 25.2 Å². The molecule has 0 saturated carbocycles. The monoisotopic (exact) mass is 238 g/mol. The molecule has 1 heterocycles. The molecule has 0 radical (unpaired) electrons. The van der Waals surface area contributed by atoms with Gasteiger partial charge in [0, 0.05) is 33.8 Å². The Morgan fingerprint density at radius 3 is 3.12 bits per heavy atom. The second-order valence-electron chi connectivity index (χ2n) is 4.25. The van der Waals surface area contributed by atoms with E-state index in [-0.39, 0.29) is 11.8 Å². The van der Waals surface area contributed by atoms with Crippen LogP contribution >= 0.6 is 0 Å². The SMILES string of the molecule is [2H]C([2H])([2H])Oc1ccc2c(ccn2C[C@@H](C)N(C)C([2H])([2H])[2H])c1. The minimum absolute atomic E-state index is 0.184. The first-order chi connectivity index (χ1) is 10.5. The molecule has 2 aromatic rings. The topological polar surface area (TPSA) is 17.4 Å². The quantitative estimate of drug-likeness (QED) is 0.814. The highest BCUT2D eigenvalue weighted by Gasteiger charge is 2.08. The zero-order chi connectivity index (χ0) is 17.4. The van der Waals surface area contributed by atoms with Gasteiger partial charge in [-0.15, -0.1) is 0 Å². The summed E-state index contributed by atoms with van der Waals surface area (Å²) in [5.41, 5.74) is 0.897. The van der Waals surface area contributed by atoms with Gasteiger partial charge < -0.3 is 14.2 Å². The van der Waals surface area contributed by atoms with E-state index in [4.69, 9.17) is 13.0 Å². The van der Waals surface area contributed by atoms with Gasteiger partial charge in [-0.2, -0.15) is 0 Å². The molecule has 1 atom stereocenters. The number of nitrogens with zero attached hydrogens (tertiary/aromatic N) is 2. The summed E-state index contributed by atoms with van der Waals surface area (Å²) >= 11 is 0. The zero-order valence-corrected chi connectivity index (χ0v) is 9.97. The van der Waals surface area contributed by atoms with Crippen molar-refractivity contribution < 1.29 is 13.0 Å². The molecule has 0 aliphatic carbocycles. The van der Waals surface area contributed by atoms with Crippen molar-refractivity contribution in [1.82, 2.24) is 9.47 Å². The maximum absolute atomic E-state index is 7.45. The fraction of sp³-hybridized carbons (Fsp3) is 0.429. The summed E-state index contributed by atoms with van der Waals surface area (Å²) in [5.74, 6) is 0.280. The predicted molar refractivity (Wildman–Crippen MR) is 71.6 cm³/mol. The van der Waals surface area contributed by atoms with Crippen molar-refractivity contribution in [3.63, 3.8) is 0 Å². The third-order valence-corrected chi connectivity index (χ3v) is 2.98. The number of ether oxygens (including phenoxy) is 1. The molecular formula is C14H20N2O. The van der Waals surface area contributed by atoms with Gasteiger partial charge in [-0.3, -0.25) is 0 Å². The van der Waals surface area contributed by atoms with Crippen molar-refractivity contribution in [2.24, 2.45) is 0 Å². The summed E-state index contributed by atoms with van der Waals surface area (Å²) in [5, 5.41) is 0.843. The standard InChI is InChI=1S/C14H20N2O/c1-11(15(2)3)10-16-8-7-12-9-13(17-4)5-6-14(12)16/h5-9,11H,10H2,1-4H3/t11-/m1/s1/i2D3,4D3. The average molecular weight is 238 g/mol. The lowest BCUT2D eigenvalue weighted by Crippen LogP contribution is -2.28. The van der Waals surface area contributed by atoms with E-state index in [0.717, 1.165) is 10.9 Å². The lowest BCUT2D eigenvalue weighted by Gasteiger charge is -2.20. The fourth-order valence-corrected chi connectivity index (χ4v) is 1.81. The summed E-state index contributed by atoms with van der Waals surface area (Å²) in [6, 6.07) is 6.71. The first-order valence-corrected chi connectivity index (χ1v) is 5.48. The maximum atomic E-state index is 7.45. The Morgan fingerprint density at radius 1 is 1.47 bits per heavy atom. The average Bonchev–Trinajstić information content (AvgIpc) is 2.77. The molecule has 0 spiro atoms. The number of hydrogen-bond donors (Lipinski definition) is 0. The van der Waals surface area contributed by atoms with Gasteiger partial charge in [0.25, 0.3) is 0 Å². The van der Waals surface area contributed by atoms with Gasteiger partial charge in [0.05, 0.1) is 11.2 Å². The Balaban J connectivity index is 2.20. The molecule has 1 aromatic carbocycles. The second-order valence-corrected chi connectivity index (χ2v) is 4.25. The van der Waals surface area contributed by atoms with Gasteiger partial charge >= 0.3 is 0 Å². The largest absolute Gasteiger partial charge is 0.497 e. The van der Waals surface area contributed by atoms with Gasteiger partial charge in [-0.25, -0.2) is 0 Å². The van der Waals surface area contributed by atoms with Crippen molar-refractivity contribution in [3.05, 3.63) is 30.5 Å². The molecule has 0 aliphatic rings. The molecule has 0 amide bonds. The molecule has 3 heteroatoms. The van der Waals surface area contributed by atoms with Crippen LogP contribution in [-0.2, 0) is 6.54 Å². The molecule has 0 saturated heterocycles. The third kappa shape index (κ3) is 2.44. The van der Waals surface area contributed by atoms with Gasteiger partial charge in [0.15, 0.2) is 0 Å². The van der Waals surface area contributed by atoms with Crippen molar-refractivity contribution in [1.29, 1.82) is 0 Å². The molecule has 17 heavy (non-hydrogen) atoms. The van der Waals surface area contributed by atoms with Crippen LogP contribution in [0.25, 0.3) is 10.9 Å². The van der Waals surface area contributed by atoms with Gasteiger partial charge in [-0.05, 0) is 45.2 Å². The summed E-state index contributed by atoms with van der Waals surface area (Å²) in [7, 11) is -0.904. The molecule has 92 valence electrons. The van der Waals surface area contributed by atoms with Crippen LogP contribution in [0.4, 0.5) is 0 Å². The first-order valence-electron chi connectivity index (χ1n) is 8.48. The molecular weight excluding hydrogens is 212 g/mol. The number of likely N-dealkylation sites (N-methyl/N-ethyl adjacent to an activating group) is 1. The van der Waals surface area contributed by atoms with Crippen molar-refractivity contribution in [2.75, 3.05) is 21.1 Å². The van der Waals surface area contributed by atoms with Crippen LogP contribution in [0.1, 0.15) is 15.1 Å². The number of rotatable bonds is 4. The normalized spacial score (nSPS) is 19.9. The highest BCUT2D eigenvalue weighted by molar-refractivity contribution is 5.81. The Labute approximate surface area is 111 Å². The molecule has 1 aromatic heterocycles. The Hall–Kier alpha value is -1.48. The van der Waals surface area contributed by atoms with E-state index in [9.17, 15) is 0 Å². The molecule has 2 rings (SSSR count). The highest BCUT2D eigenvalue weighted by Crippen LogP contribution is 2.22. The summed E-state index contributed by atoms with van der Waals surface area (Å²) in [6.07, 6.45) is 1.85. The third-order valence-electron chi connectivity index (χ3n) is 2.98. The van der Waals surface area contributed by atoms with Crippen LogP contribution in [0.2, 0.25) is 0 Å². The Morgan fingerprint density at radius 2 is 2.35 bits per heavy atom. The summed E-state index contributed by atoms with van der Waals surface area (Å²) in [4.78, 5) is 1.35. The van der Waals surface area contributed by atoms with Crippen molar-refractivity contribution in [2.45, 2.75) is 19.5 Å². The second kappa shape index (κ2) is 4.80. The van der Waals surface area contributed by atoms with E-state index in [1.165, 1.54) is 4.90 Å². The zero-order valence-electron chi connectivity index (χ0n) is 16.0. The van der Waals surface area contributed by atoms with E-state index in [1.807, 2.05) is 23.8 Å². The lowest BCUT2D eigenvalue weighted by molar-refractivity contribution is 0.286. The van der Waals surface area contributed by atoms with E-state index in [0.29, 0.717) is 6.54 Å². The number of methoxy groups -OCH3 is 1. The molecule has 3 nitrogen and oxygen atoms in total. The highest BCUT2D eigenvalue weighted by atomic mass is 16.5. The minimum atomic E-state index is -2.48. The first kappa shape index (κ1) is 6.45. The number of benzene rings is 1. The van der Waals surface area contributed by atoms with E-state index in [2.05, 4.69) is 0 Å². The van der Waals surface area contributed by atoms with Crippen molar-refractivity contribution in [3.8, 4) is 5.75 Å². The Bertz CT molecular complexity index is 676. The van der Waals surface area contributed by atoms with Crippen LogP contribution in [0.3, 0.4) is 0 Å². The molecule has 0 N–H and O–H groups in total. The maximum Gasteiger partial charge on any atom is 0.119 e. The van der Waals surface area contributed by atoms with Gasteiger partial charge in [0.2, 0.25) is 0 Å². The predicted octanol–water partition coefficient (Wildman–Crippen LogP) is 2.60. The van der Waals surface area contributed by atoms with E-state index >= 15 is 0 Å². The molecule has 0 fully saturated rings. The van der Waals surface area contributed by atoms with E-state index < -0.39 is 14.0 Å². The minimum Gasteiger partial charge on any atom is -0.497 e. The van der Waals surface area contributed by atoms with Crippen LogP contribution in [0.15, 0.2) is 30.5 Å². The fourth-order valence-electron chi connectivity index (χ4n) is 1.81. The van der Waals surface area contributed by atoms with Gasteiger partial charge in [-0.1, -0.05) is 0 Å². The molecule has 0 aliphatic heterocycles.